The third kappa shape index (κ3) is 3.62. The highest BCUT2D eigenvalue weighted by Crippen LogP contribution is 2.27. The van der Waals surface area contributed by atoms with Crippen molar-refractivity contribution in [3.8, 4) is 5.75 Å². The van der Waals surface area contributed by atoms with Gasteiger partial charge >= 0.3 is 5.97 Å². The van der Waals surface area contributed by atoms with E-state index in [1.165, 1.54) is 30.3 Å². The van der Waals surface area contributed by atoms with Crippen molar-refractivity contribution in [2.75, 3.05) is 5.32 Å². The van der Waals surface area contributed by atoms with E-state index in [0.29, 0.717) is 14.6 Å². The molecule has 2 rings (SSSR count). The predicted octanol–water partition coefficient (Wildman–Crippen LogP) is 3.87. The van der Waals surface area contributed by atoms with Crippen LogP contribution in [0.3, 0.4) is 0 Å². The standard InChI is InChI=1S/C14H9Br2NO4/c15-9-3-2-8(14(20)21)5-11(9)17-13(19)7-1-4-10(16)12(18)6-7/h1-6,18H,(H,17,19)(H,20,21). The first kappa shape index (κ1) is 15.5. The normalized spacial score (nSPS) is 10.2. The second kappa shape index (κ2) is 6.28. The van der Waals surface area contributed by atoms with Gasteiger partial charge in [0.2, 0.25) is 0 Å². The molecule has 21 heavy (non-hydrogen) atoms. The van der Waals surface area contributed by atoms with Crippen LogP contribution in [0.25, 0.3) is 0 Å². The van der Waals surface area contributed by atoms with E-state index in [4.69, 9.17) is 5.11 Å². The van der Waals surface area contributed by atoms with E-state index in [9.17, 15) is 14.7 Å². The van der Waals surface area contributed by atoms with Gasteiger partial charge in [-0.1, -0.05) is 0 Å². The lowest BCUT2D eigenvalue weighted by Gasteiger charge is -2.09. The van der Waals surface area contributed by atoms with Gasteiger partial charge in [0.25, 0.3) is 5.91 Å². The van der Waals surface area contributed by atoms with E-state index in [2.05, 4.69) is 37.2 Å². The van der Waals surface area contributed by atoms with Crippen LogP contribution in [-0.4, -0.2) is 22.1 Å². The molecule has 2 aromatic carbocycles. The van der Waals surface area contributed by atoms with Crippen molar-refractivity contribution in [2.45, 2.75) is 0 Å². The zero-order chi connectivity index (χ0) is 15.6. The van der Waals surface area contributed by atoms with E-state index in [1.807, 2.05) is 0 Å². The Balaban J connectivity index is 2.28. The molecule has 0 saturated heterocycles. The number of halogens is 2. The third-order valence-corrected chi connectivity index (χ3v) is 4.03. The lowest BCUT2D eigenvalue weighted by molar-refractivity contribution is 0.0696. The first-order chi connectivity index (χ1) is 9.88. The molecule has 3 N–H and O–H groups in total. The smallest absolute Gasteiger partial charge is 0.335 e. The highest BCUT2D eigenvalue weighted by atomic mass is 79.9. The second-order valence-electron chi connectivity index (χ2n) is 4.12. The van der Waals surface area contributed by atoms with Crippen LogP contribution in [0, 0.1) is 0 Å². The van der Waals surface area contributed by atoms with Crippen molar-refractivity contribution in [3.05, 3.63) is 56.5 Å². The number of rotatable bonds is 3. The predicted molar refractivity (Wildman–Crippen MR) is 84.9 cm³/mol. The molecule has 7 heteroatoms. The number of hydrogen-bond donors (Lipinski definition) is 3. The summed E-state index contributed by atoms with van der Waals surface area (Å²) < 4.78 is 1.04. The Labute approximate surface area is 136 Å². The second-order valence-corrected chi connectivity index (χ2v) is 5.83. The summed E-state index contributed by atoms with van der Waals surface area (Å²) in [7, 11) is 0. The van der Waals surface area contributed by atoms with Gasteiger partial charge in [-0.05, 0) is 68.3 Å². The SMILES string of the molecule is O=C(O)c1ccc(Br)c(NC(=O)c2ccc(Br)c(O)c2)c1. The number of hydrogen-bond acceptors (Lipinski definition) is 3. The fourth-order valence-electron chi connectivity index (χ4n) is 1.60. The lowest BCUT2D eigenvalue weighted by atomic mass is 10.1. The van der Waals surface area contributed by atoms with Gasteiger partial charge in [0.1, 0.15) is 5.75 Å². The topological polar surface area (TPSA) is 86.6 Å². The molecule has 0 aliphatic heterocycles. The quantitative estimate of drug-likeness (QED) is 0.711. The lowest BCUT2D eigenvalue weighted by Crippen LogP contribution is -2.12. The molecule has 0 heterocycles. The number of carboxylic acids is 1. The van der Waals surface area contributed by atoms with Crippen LogP contribution in [0.4, 0.5) is 5.69 Å². The number of benzene rings is 2. The molecule has 0 atom stereocenters. The number of carbonyl (C=O) groups excluding carboxylic acids is 1. The Hall–Kier alpha value is -1.86. The van der Waals surface area contributed by atoms with Crippen molar-refractivity contribution in [3.63, 3.8) is 0 Å². The Kier molecular flexibility index (Phi) is 4.64. The fourth-order valence-corrected chi connectivity index (χ4v) is 2.19. The molecular weight excluding hydrogens is 406 g/mol. The van der Waals surface area contributed by atoms with E-state index in [1.54, 1.807) is 6.07 Å². The largest absolute Gasteiger partial charge is 0.507 e. The minimum absolute atomic E-state index is 0.0546. The highest BCUT2D eigenvalue weighted by molar-refractivity contribution is 9.11. The fraction of sp³-hybridized carbons (Fsp3) is 0. The Bertz CT molecular complexity index is 731. The van der Waals surface area contributed by atoms with Crippen molar-refractivity contribution >= 4 is 49.4 Å². The number of aromatic hydroxyl groups is 1. The zero-order valence-electron chi connectivity index (χ0n) is 10.4. The maximum absolute atomic E-state index is 12.1. The maximum atomic E-state index is 12.1. The number of carboxylic acid groups (broad SMARTS) is 1. The minimum Gasteiger partial charge on any atom is -0.507 e. The molecule has 108 valence electrons. The van der Waals surface area contributed by atoms with Crippen molar-refractivity contribution in [1.29, 1.82) is 0 Å². The van der Waals surface area contributed by atoms with Gasteiger partial charge in [0, 0.05) is 10.0 Å². The van der Waals surface area contributed by atoms with Crippen LogP contribution in [0.1, 0.15) is 20.7 Å². The van der Waals surface area contributed by atoms with E-state index in [-0.39, 0.29) is 16.9 Å². The number of phenols is 1. The molecule has 0 spiro atoms. The molecule has 2 aromatic rings. The van der Waals surface area contributed by atoms with Crippen molar-refractivity contribution < 1.29 is 19.8 Å². The molecule has 0 fully saturated rings. The molecule has 0 bridgehead atoms. The molecule has 5 nitrogen and oxygen atoms in total. The molecule has 0 unspecified atom stereocenters. The minimum atomic E-state index is -1.08. The highest BCUT2D eigenvalue weighted by Gasteiger charge is 2.12. The molecule has 0 radical (unpaired) electrons. The van der Waals surface area contributed by atoms with Crippen molar-refractivity contribution in [1.82, 2.24) is 0 Å². The Morgan fingerprint density at radius 1 is 0.952 bits per heavy atom. The number of nitrogens with one attached hydrogen (secondary N) is 1. The molecule has 0 saturated carbocycles. The van der Waals surface area contributed by atoms with Crippen LogP contribution in [0.5, 0.6) is 5.75 Å². The summed E-state index contributed by atoms with van der Waals surface area (Å²) in [5, 5.41) is 21.1. The van der Waals surface area contributed by atoms with Crippen molar-refractivity contribution in [2.24, 2.45) is 0 Å². The monoisotopic (exact) mass is 413 g/mol. The van der Waals surface area contributed by atoms with Crippen LogP contribution < -0.4 is 5.32 Å². The van der Waals surface area contributed by atoms with Crippen LogP contribution >= 0.6 is 31.9 Å². The molecule has 0 aliphatic rings. The Morgan fingerprint density at radius 2 is 1.57 bits per heavy atom. The van der Waals surface area contributed by atoms with Crippen LogP contribution in [-0.2, 0) is 0 Å². The number of anilines is 1. The maximum Gasteiger partial charge on any atom is 0.335 e. The Morgan fingerprint density at radius 3 is 2.19 bits per heavy atom. The van der Waals surface area contributed by atoms with Gasteiger partial charge in [0.05, 0.1) is 15.7 Å². The number of carbonyl (C=O) groups is 2. The summed E-state index contributed by atoms with van der Waals surface area (Å²) in [5.41, 5.74) is 0.651. The molecule has 1 amide bonds. The van der Waals surface area contributed by atoms with Gasteiger partial charge in [-0.2, -0.15) is 0 Å². The van der Waals surface area contributed by atoms with E-state index < -0.39 is 11.9 Å². The first-order valence-electron chi connectivity index (χ1n) is 5.71. The summed E-state index contributed by atoms with van der Waals surface area (Å²) in [6, 6.07) is 8.71. The van der Waals surface area contributed by atoms with E-state index in [0.717, 1.165) is 0 Å². The summed E-state index contributed by atoms with van der Waals surface area (Å²) >= 11 is 6.37. The van der Waals surface area contributed by atoms with Gasteiger partial charge in [-0.15, -0.1) is 0 Å². The molecular formula is C14H9Br2NO4. The molecule has 0 aromatic heterocycles. The van der Waals surface area contributed by atoms with E-state index >= 15 is 0 Å². The van der Waals surface area contributed by atoms with Gasteiger partial charge in [-0.3, -0.25) is 4.79 Å². The summed E-state index contributed by atoms with van der Waals surface area (Å²) in [4.78, 5) is 23.0. The zero-order valence-corrected chi connectivity index (χ0v) is 13.6. The van der Waals surface area contributed by atoms with Gasteiger partial charge < -0.3 is 15.5 Å². The van der Waals surface area contributed by atoms with Crippen LogP contribution in [0.15, 0.2) is 45.3 Å². The number of aromatic carboxylic acids is 1. The van der Waals surface area contributed by atoms with Crippen LogP contribution in [0.2, 0.25) is 0 Å². The van der Waals surface area contributed by atoms with Gasteiger partial charge in [-0.25, -0.2) is 4.79 Å². The molecule has 0 aliphatic carbocycles. The van der Waals surface area contributed by atoms with Gasteiger partial charge in [0.15, 0.2) is 0 Å². The third-order valence-electron chi connectivity index (χ3n) is 2.67. The number of phenolic OH excluding ortho intramolecular Hbond substituents is 1. The summed E-state index contributed by atoms with van der Waals surface area (Å²) in [5.74, 6) is -1.60. The average molecular weight is 415 g/mol. The average Bonchev–Trinajstić information content (AvgIpc) is 2.43. The first-order valence-corrected chi connectivity index (χ1v) is 7.30. The number of amides is 1. The summed E-state index contributed by atoms with van der Waals surface area (Å²) in [6.07, 6.45) is 0. The summed E-state index contributed by atoms with van der Waals surface area (Å²) in [6.45, 7) is 0.